The number of amides is 1. The average Bonchev–Trinajstić information content (AvgIpc) is 3.15. The zero-order chi connectivity index (χ0) is 25.2. The van der Waals surface area contributed by atoms with Crippen LogP contribution in [0.15, 0.2) is 48.7 Å². The maximum Gasteiger partial charge on any atom is 0.407 e. The van der Waals surface area contributed by atoms with Gasteiger partial charge in [0.25, 0.3) is 0 Å². The Morgan fingerprint density at radius 1 is 1.22 bits per heavy atom. The first-order chi connectivity index (χ1) is 17.4. The van der Waals surface area contributed by atoms with Gasteiger partial charge in [-0.25, -0.2) is 9.18 Å². The van der Waals surface area contributed by atoms with E-state index in [9.17, 15) is 14.0 Å². The lowest BCUT2D eigenvalue weighted by molar-refractivity contribution is -0.144. The Morgan fingerprint density at radius 2 is 2.08 bits per heavy atom. The number of cyclic esters (lactones) is 1. The molecule has 7 atom stereocenters. The smallest absolute Gasteiger partial charge is 0.407 e. The highest BCUT2D eigenvalue weighted by atomic mass is 19.1. The lowest BCUT2D eigenvalue weighted by Crippen LogP contribution is -2.48. The van der Waals surface area contributed by atoms with E-state index in [1.54, 1.807) is 19.2 Å². The highest BCUT2D eigenvalue weighted by Gasteiger charge is 2.54. The third kappa shape index (κ3) is 5.01. The minimum absolute atomic E-state index is 0.0679. The first kappa shape index (κ1) is 24.5. The number of halogens is 1. The molecule has 7 heteroatoms. The summed E-state index contributed by atoms with van der Waals surface area (Å²) in [5, 5.41) is 3.00. The van der Waals surface area contributed by atoms with Crippen molar-refractivity contribution in [3.63, 3.8) is 0 Å². The number of allylic oxidation sites excluding steroid dienone is 1. The van der Waals surface area contributed by atoms with Crippen LogP contribution in [0.4, 0.5) is 9.18 Å². The molecule has 0 unspecified atom stereocenters. The fourth-order valence-electron chi connectivity index (χ4n) is 6.64. The number of nitrogens with one attached hydrogen (secondary N) is 1. The molecule has 190 valence electrons. The summed E-state index contributed by atoms with van der Waals surface area (Å²) in [7, 11) is 0. The molecule has 1 amide bonds. The molecule has 2 aromatic rings. The molecule has 36 heavy (non-hydrogen) atoms. The van der Waals surface area contributed by atoms with Gasteiger partial charge in [-0.2, -0.15) is 0 Å². The Bertz CT molecular complexity index is 1130. The molecule has 3 aliphatic rings. The molecule has 5 rings (SSSR count). The third-order valence-electron chi connectivity index (χ3n) is 8.18. The van der Waals surface area contributed by atoms with Crippen LogP contribution in [-0.4, -0.2) is 35.8 Å². The van der Waals surface area contributed by atoms with E-state index in [-0.39, 0.29) is 47.8 Å². The Morgan fingerprint density at radius 3 is 2.83 bits per heavy atom. The highest BCUT2D eigenvalue weighted by Crippen LogP contribution is 2.53. The van der Waals surface area contributed by atoms with Crippen molar-refractivity contribution in [3.8, 4) is 11.1 Å². The zero-order valence-corrected chi connectivity index (χ0v) is 20.7. The van der Waals surface area contributed by atoms with E-state index >= 15 is 0 Å². The van der Waals surface area contributed by atoms with Crippen LogP contribution < -0.4 is 5.32 Å². The summed E-state index contributed by atoms with van der Waals surface area (Å²) in [5.41, 5.74) is 2.48. The molecule has 0 spiro atoms. The molecule has 1 saturated heterocycles. The molecule has 0 bridgehead atoms. The summed E-state index contributed by atoms with van der Waals surface area (Å²) >= 11 is 0. The van der Waals surface area contributed by atoms with Gasteiger partial charge in [0.2, 0.25) is 0 Å². The first-order valence-corrected chi connectivity index (χ1v) is 13.0. The quantitative estimate of drug-likeness (QED) is 0.548. The molecule has 1 aromatic carbocycles. The van der Waals surface area contributed by atoms with Crippen molar-refractivity contribution in [1.29, 1.82) is 0 Å². The number of alkyl carbamates (subject to hydrolysis) is 1. The van der Waals surface area contributed by atoms with Gasteiger partial charge in [-0.3, -0.25) is 9.78 Å². The van der Waals surface area contributed by atoms with E-state index in [1.165, 1.54) is 12.1 Å². The predicted octanol–water partition coefficient (Wildman–Crippen LogP) is 5.63. The minimum Gasteiger partial charge on any atom is -0.462 e. The van der Waals surface area contributed by atoms with Crippen LogP contribution in [0.1, 0.15) is 45.2 Å². The van der Waals surface area contributed by atoms with Gasteiger partial charge in [0.15, 0.2) is 0 Å². The molecule has 1 aromatic heterocycles. The van der Waals surface area contributed by atoms with E-state index < -0.39 is 0 Å². The van der Waals surface area contributed by atoms with Crippen LogP contribution in [0.5, 0.6) is 0 Å². The Labute approximate surface area is 211 Å². The number of carbonyl (C=O) groups is 2. The molecular formula is C29H33FN2O4. The fourth-order valence-corrected chi connectivity index (χ4v) is 6.64. The van der Waals surface area contributed by atoms with Gasteiger partial charge < -0.3 is 14.8 Å². The Hall–Kier alpha value is -3.22. The van der Waals surface area contributed by atoms with Crippen molar-refractivity contribution in [2.45, 2.75) is 51.7 Å². The van der Waals surface area contributed by atoms with Crippen molar-refractivity contribution in [2.75, 3.05) is 6.61 Å². The third-order valence-corrected chi connectivity index (χ3v) is 8.18. The number of fused-ring (bicyclic) bond motifs is 2. The second-order valence-corrected chi connectivity index (χ2v) is 10.3. The van der Waals surface area contributed by atoms with Crippen molar-refractivity contribution >= 4 is 18.1 Å². The number of ether oxygens (including phenoxy) is 2. The number of pyridine rings is 1. The number of nitrogens with zero attached hydrogens (tertiary/aromatic N) is 1. The lowest BCUT2D eigenvalue weighted by Gasteiger charge is -2.47. The number of benzene rings is 1. The molecule has 2 saturated carbocycles. The molecule has 6 nitrogen and oxygen atoms in total. The van der Waals surface area contributed by atoms with Gasteiger partial charge >= 0.3 is 12.1 Å². The van der Waals surface area contributed by atoms with Gasteiger partial charge in [0.05, 0.1) is 18.2 Å². The lowest BCUT2D eigenvalue weighted by atomic mass is 9.57. The molecule has 1 aliphatic heterocycles. The summed E-state index contributed by atoms with van der Waals surface area (Å²) in [6, 6.07) is 10.4. The number of hydrogen-bond acceptors (Lipinski definition) is 5. The van der Waals surface area contributed by atoms with Crippen LogP contribution in [0.2, 0.25) is 0 Å². The van der Waals surface area contributed by atoms with E-state index in [0.29, 0.717) is 18.4 Å². The highest BCUT2D eigenvalue weighted by molar-refractivity contribution is 5.75. The van der Waals surface area contributed by atoms with Gasteiger partial charge in [-0.05, 0) is 87.1 Å². The molecule has 3 fully saturated rings. The van der Waals surface area contributed by atoms with Gasteiger partial charge in [-0.1, -0.05) is 24.3 Å². The van der Waals surface area contributed by atoms with Crippen LogP contribution in [0, 0.1) is 35.4 Å². The van der Waals surface area contributed by atoms with Crippen LogP contribution in [0.25, 0.3) is 17.2 Å². The van der Waals surface area contributed by atoms with E-state index in [4.69, 9.17) is 9.47 Å². The summed E-state index contributed by atoms with van der Waals surface area (Å²) in [4.78, 5) is 29.2. The van der Waals surface area contributed by atoms with Crippen molar-refractivity contribution in [2.24, 2.45) is 29.6 Å². The minimum atomic E-state index is -0.368. The van der Waals surface area contributed by atoms with E-state index in [2.05, 4.69) is 16.4 Å². The van der Waals surface area contributed by atoms with Gasteiger partial charge in [0, 0.05) is 23.7 Å². The first-order valence-electron chi connectivity index (χ1n) is 13.0. The molecule has 1 N–H and O–H groups in total. The number of carbonyl (C=O) groups excluding carboxylic acids is 2. The average molecular weight is 493 g/mol. The monoisotopic (exact) mass is 492 g/mol. The Kier molecular flexibility index (Phi) is 7.08. The van der Waals surface area contributed by atoms with Crippen LogP contribution in [-0.2, 0) is 14.3 Å². The van der Waals surface area contributed by atoms with Crippen molar-refractivity contribution in [1.82, 2.24) is 10.3 Å². The maximum absolute atomic E-state index is 13.6. The van der Waals surface area contributed by atoms with E-state index in [0.717, 1.165) is 42.5 Å². The van der Waals surface area contributed by atoms with Crippen LogP contribution >= 0.6 is 0 Å². The number of hydrogen-bond donors (Lipinski definition) is 1. The van der Waals surface area contributed by atoms with Crippen molar-refractivity contribution < 1.29 is 23.5 Å². The molecule has 2 aliphatic carbocycles. The normalized spacial score (nSPS) is 31.4. The van der Waals surface area contributed by atoms with Crippen molar-refractivity contribution in [3.05, 3.63) is 60.2 Å². The molecular weight excluding hydrogens is 459 g/mol. The predicted molar refractivity (Wildman–Crippen MR) is 134 cm³/mol. The van der Waals surface area contributed by atoms with Crippen LogP contribution in [0.3, 0.4) is 0 Å². The zero-order valence-electron chi connectivity index (χ0n) is 20.7. The SMILES string of the molecule is CCOC(=O)N[C@@H]1CC[C@H]2[C@H](C1)C[C@@H]1C(=O)O[C@H](C)[C@@H]1[C@H]2/C=C/c1ccc(-c2cccc(F)c2)cn1. The number of esters is 1. The van der Waals surface area contributed by atoms with E-state index in [1.807, 2.05) is 31.2 Å². The number of rotatable bonds is 5. The Balaban J connectivity index is 1.34. The molecule has 0 radical (unpaired) electrons. The topological polar surface area (TPSA) is 77.5 Å². The fraction of sp³-hybridized carbons (Fsp3) is 0.483. The largest absolute Gasteiger partial charge is 0.462 e. The second kappa shape index (κ2) is 10.4. The van der Waals surface area contributed by atoms with Gasteiger partial charge in [0.1, 0.15) is 11.9 Å². The number of aromatic nitrogens is 1. The maximum atomic E-state index is 13.6. The standard InChI is InChI=1S/C29H33FN2O4/c1-3-35-29(34)32-23-10-11-24-20(14-23)15-26-27(17(2)36-28(26)33)25(24)12-9-22-8-7-19(16-31-22)18-5-4-6-21(30)13-18/h4-9,12-13,16-17,20,23-27H,3,10-11,14-15H2,1-2H3,(H,32,34)/b12-9+/t17-,20-,23-,24+,25+,26+,27-/m1/s1. The van der Waals surface area contributed by atoms with Gasteiger partial charge in [-0.15, -0.1) is 0 Å². The summed E-state index contributed by atoms with van der Waals surface area (Å²) < 4.78 is 24.3. The molecule has 2 heterocycles. The summed E-state index contributed by atoms with van der Waals surface area (Å²) in [6.07, 6.45) is 9.07. The summed E-state index contributed by atoms with van der Waals surface area (Å²) in [5.74, 6) is 0.629. The summed E-state index contributed by atoms with van der Waals surface area (Å²) in [6.45, 7) is 4.15. The second-order valence-electron chi connectivity index (χ2n) is 10.3.